The van der Waals surface area contributed by atoms with Crippen molar-refractivity contribution >= 4 is 11.9 Å². The van der Waals surface area contributed by atoms with Gasteiger partial charge in [-0.1, -0.05) is 226 Å². The van der Waals surface area contributed by atoms with E-state index < -0.39 is 5.97 Å². The van der Waals surface area contributed by atoms with Gasteiger partial charge in [0.2, 0.25) is 0 Å². The summed E-state index contributed by atoms with van der Waals surface area (Å²) in [6.07, 6.45) is 51.5. The van der Waals surface area contributed by atoms with E-state index in [1.165, 1.54) is 199 Å². The number of rotatable bonds is 43. The second-order valence-electron chi connectivity index (χ2n) is 16.0. The van der Waals surface area contributed by atoms with Crippen molar-refractivity contribution in [3.05, 3.63) is 0 Å². The van der Waals surface area contributed by atoms with Gasteiger partial charge >= 0.3 is 11.9 Å². The smallest absolute Gasteiger partial charge is 0.306 e. The van der Waals surface area contributed by atoms with Crippen LogP contribution in [-0.4, -0.2) is 23.1 Å². The Hall–Kier alpha value is -1.06. The monoisotopic (exact) mass is 707 g/mol. The normalized spacial score (nSPS) is 12.0. The van der Waals surface area contributed by atoms with E-state index in [9.17, 15) is 9.59 Å². The molecule has 0 rings (SSSR count). The molecule has 0 spiro atoms. The first-order chi connectivity index (χ1) is 24.6. The summed E-state index contributed by atoms with van der Waals surface area (Å²) in [5.74, 6) is -0.631. The average molecular weight is 707 g/mol. The van der Waals surface area contributed by atoms with Crippen molar-refractivity contribution in [2.45, 2.75) is 283 Å². The molecule has 0 amide bonds. The van der Waals surface area contributed by atoms with Gasteiger partial charge in [-0.3, -0.25) is 9.59 Å². The molecule has 4 heteroatoms. The average Bonchev–Trinajstić information content (AvgIpc) is 3.10. The highest BCUT2D eigenvalue weighted by Crippen LogP contribution is 2.20. The third-order valence-corrected chi connectivity index (χ3v) is 10.8. The van der Waals surface area contributed by atoms with E-state index in [1.54, 1.807) is 0 Å². The Labute approximate surface area is 313 Å². The van der Waals surface area contributed by atoms with Crippen molar-refractivity contribution in [2.75, 3.05) is 0 Å². The largest absolute Gasteiger partial charge is 0.481 e. The summed E-state index contributed by atoms with van der Waals surface area (Å²) in [5, 5.41) is 8.75. The number of carbonyl (C=O) groups is 2. The van der Waals surface area contributed by atoms with Gasteiger partial charge in [-0.2, -0.15) is 0 Å². The highest BCUT2D eigenvalue weighted by Gasteiger charge is 2.14. The zero-order valence-corrected chi connectivity index (χ0v) is 34.2. The molecule has 0 aliphatic rings. The lowest BCUT2D eigenvalue weighted by Gasteiger charge is -2.18. The number of unbranched alkanes of at least 4 members (excludes halogenated alkanes) is 34. The molecule has 0 aromatic rings. The van der Waals surface area contributed by atoms with Gasteiger partial charge in [-0.25, -0.2) is 0 Å². The quantitative estimate of drug-likeness (QED) is 0.0506. The Kier molecular flexibility index (Phi) is 41.5. The van der Waals surface area contributed by atoms with Crippen molar-refractivity contribution in [3.8, 4) is 0 Å². The van der Waals surface area contributed by atoms with Gasteiger partial charge in [0.05, 0.1) is 0 Å². The fraction of sp³-hybridized carbons (Fsp3) is 0.957. The number of carboxylic acid groups (broad SMARTS) is 1. The van der Waals surface area contributed by atoms with Crippen LogP contribution in [0.4, 0.5) is 0 Å². The second-order valence-corrected chi connectivity index (χ2v) is 16.0. The van der Waals surface area contributed by atoms with Crippen LogP contribution in [0.2, 0.25) is 0 Å². The van der Waals surface area contributed by atoms with Crippen LogP contribution in [-0.2, 0) is 14.3 Å². The molecule has 0 radical (unpaired) electrons. The standard InChI is InChI=1S/C46H90O4/c1-3-5-7-9-11-13-14-15-16-17-18-19-20-21-22-27-31-35-39-43-46(49)50-44(40-36-32-28-24-12-10-8-6-4-2)41-37-33-29-25-23-26-30-34-38-42-45(47)48/h44H,3-43H2,1-2H3,(H,47,48). The summed E-state index contributed by atoms with van der Waals surface area (Å²) in [5.41, 5.74) is 0. The lowest BCUT2D eigenvalue weighted by Crippen LogP contribution is -2.18. The minimum Gasteiger partial charge on any atom is -0.481 e. The summed E-state index contributed by atoms with van der Waals surface area (Å²) >= 11 is 0. The summed E-state index contributed by atoms with van der Waals surface area (Å²) in [6.45, 7) is 4.57. The van der Waals surface area contributed by atoms with Crippen LogP contribution in [0.15, 0.2) is 0 Å². The molecule has 0 bridgehead atoms. The van der Waals surface area contributed by atoms with Gasteiger partial charge < -0.3 is 9.84 Å². The van der Waals surface area contributed by atoms with Crippen molar-refractivity contribution in [2.24, 2.45) is 0 Å². The zero-order chi connectivity index (χ0) is 36.4. The van der Waals surface area contributed by atoms with Crippen LogP contribution in [0.25, 0.3) is 0 Å². The maximum atomic E-state index is 12.8. The molecule has 1 N–H and O–H groups in total. The van der Waals surface area contributed by atoms with E-state index in [4.69, 9.17) is 9.84 Å². The molecule has 0 aromatic carbocycles. The van der Waals surface area contributed by atoms with Gasteiger partial charge in [0, 0.05) is 12.8 Å². The molecule has 0 fully saturated rings. The van der Waals surface area contributed by atoms with E-state index in [1.807, 2.05) is 0 Å². The molecule has 0 saturated carbocycles. The van der Waals surface area contributed by atoms with Crippen LogP contribution < -0.4 is 0 Å². The van der Waals surface area contributed by atoms with Crippen LogP contribution in [0.1, 0.15) is 277 Å². The number of carbonyl (C=O) groups excluding carboxylic acids is 1. The Morgan fingerprint density at radius 3 is 0.880 bits per heavy atom. The molecular weight excluding hydrogens is 617 g/mol. The molecule has 0 aliphatic carbocycles. The van der Waals surface area contributed by atoms with Crippen LogP contribution in [0.3, 0.4) is 0 Å². The third-order valence-electron chi connectivity index (χ3n) is 10.8. The Bertz CT molecular complexity index is 677. The van der Waals surface area contributed by atoms with E-state index in [2.05, 4.69) is 13.8 Å². The molecular formula is C46H90O4. The van der Waals surface area contributed by atoms with Crippen molar-refractivity contribution in [1.82, 2.24) is 0 Å². The van der Waals surface area contributed by atoms with Gasteiger partial charge in [-0.15, -0.1) is 0 Å². The van der Waals surface area contributed by atoms with Gasteiger partial charge in [0.25, 0.3) is 0 Å². The Morgan fingerprint density at radius 1 is 0.360 bits per heavy atom. The van der Waals surface area contributed by atoms with E-state index in [-0.39, 0.29) is 12.1 Å². The summed E-state index contributed by atoms with van der Waals surface area (Å²) in [6, 6.07) is 0. The number of esters is 1. The predicted molar refractivity (Wildman–Crippen MR) is 218 cm³/mol. The highest BCUT2D eigenvalue weighted by molar-refractivity contribution is 5.69. The molecule has 0 aromatic heterocycles. The van der Waals surface area contributed by atoms with Crippen molar-refractivity contribution in [1.29, 1.82) is 0 Å². The molecule has 1 atom stereocenters. The van der Waals surface area contributed by atoms with Crippen molar-refractivity contribution < 1.29 is 19.4 Å². The predicted octanol–water partition coefficient (Wildman–Crippen LogP) is 16.0. The number of hydrogen-bond donors (Lipinski definition) is 1. The maximum absolute atomic E-state index is 12.8. The summed E-state index contributed by atoms with van der Waals surface area (Å²) < 4.78 is 6.08. The maximum Gasteiger partial charge on any atom is 0.306 e. The summed E-state index contributed by atoms with van der Waals surface area (Å²) in [4.78, 5) is 23.4. The first-order valence-corrected chi connectivity index (χ1v) is 23.0. The molecule has 4 nitrogen and oxygen atoms in total. The summed E-state index contributed by atoms with van der Waals surface area (Å²) in [7, 11) is 0. The van der Waals surface area contributed by atoms with Gasteiger partial charge in [0.1, 0.15) is 6.10 Å². The van der Waals surface area contributed by atoms with E-state index >= 15 is 0 Å². The first-order valence-electron chi connectivity index (χ1n) is 23.0. The van der Waals surface area contributed by atoms with Gasteiger partial charge in [-0.05, 0) is 38.5 Å². The van der Waals surface area contributed by atoms with Gasteiger partial charge in [0.15, 0.2) is 0 Å². The molecule has 298 valence electrons. The fourth-order valence-electron chi connectivity index (χ4n) is 7.42. The highest BCUT2D eigenvalue weighted by atomic mass is 16.5. The topological polar surface area (TPSA) is 63.6 Å². The zero-order valence-electron chi connectivity index (χ0n) is 34.2. The molecule has 0 heterocycles. The Morgan fingerprint density at radius 2 is 0.600 bits per heavy atom. The lowest BCUT2D eigenvalue weighted by molar-refractivity contribution is -0.150. The lowest BCUT2D eigenvalue weighted by atomic mass is 10.0. The fourth-order valence-corrected chi connectivity index (χ4v) is 7.42. The molecule has 0 aliphatic heterocycles. The van der Waals surface area contributed by atoms with Crippen LogP contribution >= 0.6 is 0 Å². The SMILES string of the molecule is CCCCCCCCCCCCCCCCCCCCCC(=O)OC(CCCCCCCCCCC)CCCCCCCCCCCC(=O)O. The molecule has 0 saturated heterocycles. The van der Waals surface area contributed by atoms with E-state index in [0.717, 1.165) is 51.4 Å². The molecule has 1 unspecified atom stereocenters. The second kappa shape index (κ2) is 42.4. The minimum absolute atomic E-state index is 0.0424. The van der Waals surface area contributed by atoms with E-state index in [0.29, 0.717) is 12.8 Å². The number of ether oxygens (including phenoxy) is 1. The first kappa shape index (κ1) is 48.9. The number of aliphatic carboxylic acids is 1. The van der Waals surface area contributed by atoms with Crippen molar-refractivity contribution in [3.63, 3.8) is 0 Å². The Balaban J connectivity index is 3.92. The number of hydrogen-bond acceptors (Lipinski definition) is 3. The van der Waals surface area contributed by atoms with Crippen LogP contribution in [0, 0.1) is 0 Å². The van der Waals surface area contributed by atoms with Crippen LogP contribution in [0.5, 0.6) is 0 Å². The third kappa shape index (κ3) is 41.4. The number of carboxylic acids is 1. The molecule has 50 heavy (non-hydrogen) atoms. The minimum atomic E-state index is -0.674.